The minimum absolute atomic E-state index is 0.198. The van der Waals surface area contributed by atoms with Crippen molar-refractivity contribution in [3.05, 3.63) is 35.6 Å². The quantitative estimate of drug-likeness (QED) is 0.680. The van der Waals surface area contributed by atoms with Gasteiger partial charge in [-0.2, -0.15) is 0 Å². The van der Waals surface area contributed by atoms with Gasteiger partial charge in [0.2, 0.25) is 6.41 Å². The Morgan fingerprint density at radius 2 is 2.33 bits per heavy atom. The molecule has 2 rings (SSSR count). The van der Waals surface area contributed by atoms with Crippen LogP contribution in [0, 0.1) is 5.82 Å². The number of carbonyl (C=O) groups excluding carboxylic acids is 1. The van der Waals surface area contributed by atoms with E-state index in [1.165, 1.54) is 6.07 Å². The molecule has 0 aromatic heterocycles. The first-order valence-corrected chi connectivity index (χ1v) is 5.24. The van der Waals surface area contributed by atoms with E-state index in [0.29, 0.717) is 12.5 Å². The smallest absolute Gasteiger partial charge is 0.209 e. The molecule has 1 amide bonds. The third kappa shape index (κ3) is 2.35. The Morgan fingerprint density at radius 3 is 3.07 bits per heavy atom. The number of amides is 1. The minimum Gasteiger partial charge on any atom is -0.345 e. The molecule has 15 heavy (non-hydrogen) atoms. The summed E-state index contributed by atoms with van der Waals surface area (Å²) >= 11 is 0. The molecule has 3 heteroatoms. The molecule has 1 heterocycles. The van der Waals surface area contributed by atoms with Gasteiger partial charge in [-0.3, -0.25) is 4.79 Å². The van der Waals surface area contributed by atoms with E-state index in [4.69, 9.17) is 0 Å². The molecule has 1 aromatic carbocycles. The van der Waals surface area contributed by atoms with Crippen molar-refractivity contribution in [1.29, 1.82) is 0 Å². The second-order valence-electron chi connectivity index (χ2n) is 3.99. The summed E-state index contributed by atoms with van der Waals surface area (Å²) in [6, 6.07) is 6.68. The standard InChI is InChI=1S/C12H14FNO/c13-12-5-1-3-10(7-12)11-4-2-6-14(8-11)9-15/h1,3,5,7,9,11H,2,4,6,8H2. The highest BCUT2D eigenvalue weighted by atomic mass is 19.1. The topological polar surface area (TPSA) is 20.3 Å². The maximum atomic E-state index is 13.0. The van der Waals surface area contributed by atoms with Gasteiger partial charge in [-0.05, 0) is 30.5 Å². The summed E-state index contributed by atoms with van der Waals surface area (Å²) in [5.41, 5.74) is 1.00. The molecule has 0 N–H and O–H groups in total. The highest BCUT2D eigenvalue weighted by Crippen LogP contribution is 2.26. The zero-order valence-corrected chi connectivity index (χ0v) is 8.53. The van der Waals surface area contributed by atoms with Gasteiger partial charge >= 0.3 is 0 Å². The largest absolute Gasteiger partial charge is 0.345 e. The number of hydrogen-bond donors (Lipinski definition) is 0. The molecule has 2 nitrogen and oxygen atoms in total. The molecule has 0 radical (unpaired) electrons. The molecule has 1 atom stereocenters. The van der Waals surface area contributed by atoms with Crippen LogP contribution in [0.15, 0.2) is 24.3 Å². The third-order valence-electron chi connectivity index (χ3n) is 2.92. The average molecular weight is 207 g/mol. The van der Waals surface area contributed by atoms with Crippen LogP contribution in [-0.2, 0) is 4.79 Å². The normalized spacial score (nSPS) is 21.4. The van der Waals surface area contributed by atoms with Crippen molar-refractivity contribution in [1.82, 2.24) is 4.90 Å². The zero-order valence-electron chi connectivity index (χ0n) is 8.53. The van der Waals surface area contributed by atoms with Crippen LogP contribution in [0.1, 0.15) is 24.3 Å². The van der Waals surface area contributed by atoms with Gasteiger partial charge in [-0.25, -0.2) is 4.39 Å². The average Bonchev–Trinajstić information content (AvgIpc) is 2.29. The van der Waals surface area contributed by atoms with E-state index in [1.54, 1.807) is 17.0 Å². The molecular weight excluding hydrogens is 193 g/mol. The number of likely N-dealkylation sites (tertiary alicyclic amines) is 1. The summed E-state index contributed by atoms with van der Waals surface area (Å²) in [5.74, 6) is 0.0929. The van der Waals surface area contributed by atoms with Gasteiger partial charge in [0.05, 0.1) is 0 Å². The third-order valence-corrected chi connectivity index (χ3v) is 2.92. The fourth-order valence-electron chi connectivity index (χ4n) is 2.13. The maximum absolute atomic E-state index is 13.0. The second-order valence-corrected chi connectivity index (χ2v) is 3.99. The maximum Gasteiger partial charge on any atom is 0.209 e. The van der Waals surface area contributed by atoms with Gasteiger partial charge in [0.15, 0.2) is 0 Å². The summed E-state index contributed by atoms with van der Waals surface area (Å²) in [4.78, 5) is 12.4. The number of carbonyl (C=O) groups is 1. The molecule has 1 aromatic rings. The molecule has 1 aliphatic rings. The van der Waals surface area contributed by atoms with E-state index in [9.17, 15) is 9.18 Å². The van der Waals surface area contributed by atoms with Crippen molar-refractivity contribution in [3.63, 3.8) is 0 Å². The number of piperidine rings is 1. The van der Waals surface area contributed by atoms with Crippen molar-refractivity contribution in [2.45, 2.75) is 18.8 Å². The molecular formula is C12H14FNO. The van der Waals surface area contributed by atoms with Crippen molar-refractivity contribution >= 4 is 6.41 Å². The van der Waals surface area contributed by atoms with E-state index >= 15 is 0 Å². The Hall–Kier alpha value is -1.38. The second kappa shape index (κ2) is 4.43. The number of hydrogen-bond acceptors (Lipinski definition) is 1. The molecule has 0 bridgehead atoms. The Kier molecular flexibility index (Phi) is 2.99. The van der Waals surface area contributed by atoms with Crippen molar-refractivity contribution < 1.29 is 9.18 Å². The molecule has 1 saturated heterocycles. The van der Waals surface area contributed by atoms with Crippen molar-refractivity contribution in [2.75, 3.05) is 13.1 Å². The number of halogens is 1. The van der Waals surface area contributed by atoms with Gasteiger partial charge < -0.3 is 4.90 Å². The zero-order chi connectivity index (χ0) is 10.7. The fraction of sp³-hybridized carbons (Fsp3) is 0.417. The lowest BCUT2D eigenvalue weighted by molar-refractivity contribution is -0.119. The fourth-order valence-corrected chi connectivity index (χ4v) is 2.13. The van der Waals surface area contributed by atoms with E-state index in [1.807, 2.05) is 6.07 Å². The number of benzene rings is 1. The summed E-state index contributed by atoms with van der Waals surface area (Å²) in [6.07, 6.45) is 2.92. The summed E-state index contributed by atoms with van der Waals surface area (Å²) in [5, 5.41) is 0. The summed E-state index contributed by atoms with van der Waals surface area (Å²) in [6.45, 7) is 1.54. The van der Waals surface area contributed by atoms with Gasteiger partial charge in [-0.1, -0.05) is 12.1 Å². The van der Waals surface area contributed by atoms with Crippen molar-refractivity contribution in [2.24, 2.45) is 0 Å². The lowest BCUT2D eigenvalue weighted by Gasteiger charge is -2.30. The Morgan fingerprint density at radius 1 is 1.47 bits per heavy atom. The first kappa shape index (κ1) is 10.1. The molecule has 1 aliphatic heterocycles. The van der Waals surface area contributed by atoms with Crippen molar-refractivity contribution in [3.8, 4) is 0 Å². The van der Waals surface area contributed by atoms with Gasteiger partial charge in [0.25, 0.3) is 0 Å². The van der Waals surface area contributed by atoms with Crippen LogP contribution in [0.25, 0.3) is 0 Å². The number of rotatable bonds is 2. The molecule has 1 fully saturated rings. The first-order chi connectivity index (χ1) is 7.29. The van der Waals surface area contributed by atoms with E-state index in [2.05, 4.69) is 0 Å². The van der Waals surface area contributed by atoms with Crippen LogP contribution in [0.2, 0.25) is 0 Å². The van der Waals surface area contributed by atoms with Crippen LogP contribution in [0.3, 0.4) is 0 Å². The predicted octanol–water partition coefficient (Wildman–Crippen LogP) is 2.16. The van der Waals surface area contributed by atoms with Gasteiger partial charge in [-0.15, -0.1) is 0 Å². The number of nitrogens with zero attached hydrogens (tertiary/aromatic N) is 1. The van der Waals surface area contributed by atoms with E-state index in [-0.39, 0.29) is 5.82 Å². The SMILES string of the molecule is O=CN1CCCC(c2cccc(F)c2)C1. The summed E-state index contributed by atoms with van der Waals surface area (Å²) in [7, 11) is 0. The lowest BCUT2D eigenvalue weighted by Crippen LogP contribution is -2.33. The van der Waals surface area contributed by atoms with Crippen LogP contribution in [0.5, 0.6) is 0 Å². The van der Waals surface area contributed by atoms with Gasteiger partial charge in [0, 0.05) is 19.0 Å². The Balaban J connectivity index is 2.13. The Bertz CT molecular complexity index is 353. The van der Waals surface area contributed by atoms with Crippen LogP contribution in [-0.4, -0.2) is 24.4 Å². The van der Waals surface area contributed by atoms with E-state index in [0.717, 1.165) is 31.4 Å². The minimum atomic E-state index is -0.198. The Labute approximate surface area is 88.7 Å². The monoisotopic (exact) mass is 207 g/mol. The molecule has 0 saturated carbocycles. The summed E-state index contributed by atoms with van der Waals surface area (Å²) < 4.78 is 13.0. The van der Waals surface area contributed by atoms with Crippen LogP contribution >= 0.6 is 0 Å². The van der Waals surface area contributed by atoms with E-state index < -0.39 is 0 Å². The molecule has 1 unspecified atom stereocenters. The molecule has 80 valence electrons. The highest BCUT2D eigenvalue weighted by molar-refractivity contribution is 5.47. The van der Waals surface area contributed by atoms with Crippen LogP contribution < -0.4 is 0 Å². The molecule has 0 spiro atoms. The van der Waals surface area contributed by atoms with Gasteiger partial charge in [0.1, 0.15) is 5.82 Å². The molecule has 0 aliphatic carbocycles. The first-order valence-electron chi connectivity index (χ1n) is 5.24. The lowest BCUT2D eigenvalue weighted by atomic mass is 9.91. The predicted molar refractivity (Wildman–Crippen MR) is 56.0 cm³/mol. The van der Waals surface area contributed by atoms with Crippen LogP contribution in [0.4, 0.5) is 4.39 Å². The highest BCUT2D eigenvalue weighted by Gasteiger charge is 2.20.